The Morgan fingerprint density at radius 3 is 2.59 bits per heavy atom. The highest BCUT2D eigenvalue weighted by molar-refractivity contribution is 6.38. The summed E-state index contributed by atoms with van der Waals surface area (Å²) in [6.07, 6.45) is 0. The van der Waals surface area contributed by atoms with Crippen molar-refractivity contribution < 1.29 is 14.3 Å². The van der Waals surface area contributed by atoms with Crippen LogP contribution in [0.5, 0.6) is 11.5 Å². The number of rotatable bonds is 5. The van der Waals surface area contributed by atoms with Gasteiger partial charge in [-0.3, -0.25) is 4.79 Å². The first-order chi connectivity index (χ1) is 15.5. The Labute approximate surface area is 191 Å². The lowest BCUT2D eigenvalue weighted by Crippen LogP contribution is -2.11. The number of ether oxygens (including phenoxy) is 2. The van der Waals surface area contributed by atoms with Crippen LogP contribution in [0.4, 0.5) is 11.4 Å². The van der Waals surface area contributed by atoms with Gasteiger partial charge in [0.05, 0.1) is 17.0 Å². The number of hydrogen-bond donors (Lipinski definition) is 2. The van der Waals surface area contributed by atoms with Crippen LogP contribution in [0.2, 0.25) is 5.02 Å². The third kappa shape index (κ3) is 3.90. The van der Waals surface area contributed by atoms with Crippen LogP contribution in [0.25, 0.3) is 11.3 Å². The zero-order valence-electron chi connectivity index (χ0n) is 17.7. The highest BCUT2D eigenvalue weighted by Gasteiger charge is 2.29. The van der Waals surface area contributed by atoms with Gasteiger partial charge in [0.25, 0.3) is 5.91 Å². The van der Waals surface area contributed by atoms with E-state index in [9.17, 15) is 4.79 Å². The quantitative estimate of drug-likeness (QED) is 0.535. The third-order valence-corrected chi connectivity index (χ3v) is 5.59. The maximum atomic E-state index is 13.0. The van der Waals surface area contributed by atoms with E-state index >= 15 is 0 Å². The number of amides is 1. The minimum atomic E-state index is -0.188. The van der Waals surface area contributed by atoms with Crippen molar-refractivity contribution in [3.63, 3.8) is 0 Å². The predicted molar refractivity (Wildman–Crippen MR) is 127 cm³/mol. The van der Waals surface area contributed by atoms with Crippen molar-refractivity contribution in [1.29, 1.82) is 0 Å². The highest BCUT2D eigenvalue weighted by Crippen LogP contribution is 2.41. The minimum absolute atomic E-state index is 0.188. The molecule has 0 aliphatic carbocycles. The van der Waals surface area contributed by atoms with Crippen molar-refractivity contribution in [3.8, 4) is 11.5 Å². The van der Waals surface area contributed by atoms with Crippen LogP contribution >= 0.6 is 11.6 Å². The molecule has 0 fully saturated rings. The molecule has 2 aliphatic rings. The number of fused-ring (bicyclic) bond motifs is 2. The van der Waals surface area contributed by atoms with Crippen LogP contribution < -0.4 is 20.1 Å². The molecule has 0 unspecified atom stereocenters. The topological polar surface area (TPSA) is 62.8 Å². The highest BCUT2D eigenvalue weighted by atomic mass is 35.5. The van der Waals surface area contributed by atoms with E-state index in [1.54, 1.807) is 12.1 Å². The second-order valence-electron chi connectivity index (χ2n) is 8.02. The molecule has 0 bridgehead atoms. The average molecular weight is 448 g/mol. The predicted octanol–water partition coefficient (Wildman–Crippen LogP) is 5.06. The van der Waals surface area contributed by atoms with E-state index in [1.165, 1.54) is 5.56 Å². The lowest BCUT2D eigenvalue weighted by atomic mass is 9.99. The van der Waals surface area contributed by atoms with Gasteiger partial charge in [-0.1, -0.05) is 29.8 Å². The Morgan fingerprint density at radius 1 is 1.03 bits per heavy atom. The van der Waals surface area contributed by atoms with E-state index in [4.69, 9.17) is 21.1 Å². The van der Waals surface area contributed by atoms with Gasteiger partial charge in [0, 0.05) is 28.4 Å². The molecule has 1 amide bonds. The lowest BCUT2D eigenvalue weighted by molar-refractivity contribution is -0.110. The molecule has 162 valence electrons. The first kappa shape index (κ1) is 20.4. The van der Waals surface area contributed by atoms with Crippen LogP contribution in [-0.4, -0.2) is 31.7 Å². The molecule has 2 N–H and O–H groups in total. The molecule has 0 atom stereocenters. The summed E-state index contributed by atoms with van der Waals surface area (Å²) in [7, 11) is 4.08. The second-order valence-corrected chi connectivity index (χ2v) is 8.46. The number of nitrogens with one attached hydrogen (secondary N) is 2. The molecule has 2 aliphatic heterocycles. The van der Waals surface area contributed by atoms with Gasteiger partial charge in [-0.15, -0.1) is 0 Å². The zero-order valence-corrected chi connectivity index (χ0v) is 18.5. The molecular weight excluding hydrogens is 426 g/mol. The van der Waals surface area contributed by atoms with Crippen molar-refractivity contribution in [2.24, 2.45) is 0 Å². The molecule has 0 spiro atoms. The molecule has 0 saturated heterocycles. The Bertz CT molecular complexity index is 1240. The monoisotopic (exact) mass is 447 g/mol. The summed E-state index contributed by atoms with van der Waals surface area (Å²) in [4.78, 5) is 15.2. The Balaban J connectivity index is 1.61. The number of anilines is 2. The summed E-state index contributed by atoms with van der Waals surface area (Å²) >= 11 is 6.14. The van der Waals surface area contributed by atoms with Crippen molar-refractivity contribution in [1.82, 2.24) is 4.90 Å². The van der Waals surface area contributed by atoms with Gasteiger partial charge < -0.3 is 25.0 Å². The molecule has 32 heavy (non-hydrogen) atoms. The number of benzene rings is 3. The standard InChI is InChI=1S/C25H22ClN3O3/c1-29(2)13-15-3-7-18(8-4-15)27-24(16-5-10-21-22(11-16)32-14-31-21)23-19-9-6-17(26)12-20(19)28-25(23)30/h3-12,27H,13-14H2,1-2H3,(H,28,30). The largest absolute Gasteiger partial charge is 0.454 e. The van der Waals surface area contributed by atoms with Crippen LogP contribution in [0.15, 0.2) is 60.7 Å². The molecule has 6 nitrogen and oxygen atoms in total. The molecular formula is C25H22ClN3O3. The molecule has 0 aromatic heterocycles. The maximum Gasteiger partial charge on any atom is 0.258 e. The van der Waals surface area contributed by atoms with Gasteiger partial charge in [0.1, 0.15) is 0 Å². The van der Waals surface area contributed by atoms with Gasteiger partial charge in [-0.05, 0) is 62.1 Å². The van der Waals surface area contributed by atoms with Crippen molar-refractivity contribution in [2.45, 2.75) is 6.54 Å². The Kier molecular flexibility index (Phi) is 5.25. The smallest absolute Gasteiger partial charge is 0.258 e. The first-order valence-electron chi connectivity index (χ1n) is 10.2. The van der Waals surface area contributed by atoms with Crippen LogP contribution in [0, 0.1) is 0 Å². The molecule has 3 aromatic carbocycles. The van der Waals surface area contributed by atoms with Crippen molar-refractivity contribution in [3.05, 3.63) is 82.4 Å². The first-order valence-corrected chi connectivity index (χ1v) is 10.6. The molecule has 5 rings (SSSR count). The van der Waals surface area contributed by atoms with E-state index in [2.05, 4.69) is 27.7 Å². The molecule has 0 saturated carbocycles. The van der Waals surface area contributed by atoms with E-state index in [0.717, 1.165) is 23.4 Å². The Hall–Kier alpha value is -3.48. The molecule has 7 heteroatoms. The van der Waals surface area contributed by atoms with E-state index in [-0.39, 0.29) is 12.7 Å². The van der Waals surface area contributed by atoms with Crippen LogP contribution in [0.1, 0.15) is 16.7 Å². The minimum Gasteiger partial charge on any atom is -0.454 e. The maximum absolute atomic E-state index is 13.0. The average Bonchev–Trinajstić information content (AvgIpc) is 3.35. The van der Waals surface area contributed by atoms with E-state index in [1.807, 2.05) is 50.5 Å². The van der Waals surface area contributed by atoms with Crippen molar-refractivity contribution in [2.75, 3.05) is 31.5 Å². The Morgan fingerprint density at radius 2 is 1.81 bits per heavy atom. The van der Waals surface area contributed by atoms with E-state index in [0.29, 0.717) is 33.5 Å². The van der Waals surface area contributed by atoms with Gasteiger partial charge in [-0.2, -0.15) is 0 Å². The fourth-order valence-electron chi connectivity index (χ4n) is 3.93. The molecule has 0 radical (unpaired) electrons. The number of hydrogen-bond acceptors (Lipinski definition) is 5. The van der Waals surface area contributed by atoms with Gasteiger partial charge in [0.2, 0.25) is 6.79 Å². The summed E-state index contributed by atoms with van der Waals surface area (Å²) < 4.78 is 11.0. The normalized spacial score (nSPS) is 15.6. The fraction of sp³-hybridized carbons (Fsp3) is 0.160. The second kappa shape index (κ2) is 8.22. The summed E-state index contributed by atoms with van der Waals surface area (Å²) in [6.45, 7) is 1.04. The lowest BCUT2D eigenvalue weighted by Gasteiger charge is -2.16. The summed E-state index contributed by atoms with van der Waals surface area (Å²) in [5, 5.41) is 6.96. The van der Waals surface area contributed by atoms with Crippen LogP contribution in [0.3, 0.4) is 0 Å². The van der Waals surface area contributed by atoms with Gasteiger partial charge in [-0.25, -0.2) is 0 Å². The number of carbonyl (C=O) groups excluding carboxylic acids is 1. The molecule has 2 heterocycles. The third-order valence-electron chi connectivity index (χ3n) is 5.36. The van der Waals surface area contributed by atoms with Crippen LogP contribution in [-0.2, 0) is 11.3 Å². The zero-order chi connectivity index (χ0) is 22.2. The SMILES string of the molecule is CN(C)Cc1ccc(NC(=C2C(=O)Nc3cc(Cl)ccc32)c2ccc3c(c2)OCO3)cc1. The molecule has 3 aromatic rings. The fourth-order valence-corrected chi connectivity index (χ4v) is 4.10. The van der Waals surface area contributed by atoms with E-state index < -0.39 is 0 Å². The number of nitrogens with zero attached hydrogens (tertiary/aromatic N) is 1. The summed E-state index contributed by atoms with van der Waals surface area (Å²) in [5.41, 5.74) is 5.62. The van der Waals surface area contributed by atoms with Crippen molar-refractivity contribution >= 4 is 40.2 Å². The number of halogens is 1. The van der Waals surface area contributed by atoms with Gasteiger partial charge >= 0.3 is 0 Å². The summed E-state index contributed by atoms with van der Waals surface area (Å²) in [5.74, 6) is 1.15. The summed E-state index contributed by atoms with van der Waals surface area (Å²) in [6, 6.07) is 19.3. The number of carbonyl (C=O) groups is 1. The van der Waals surface area contributed by atoms with Gasteiger partial charge in [0.15, 0.2) is 11.5 Å².